The molecule has 0 saturated heterocycles. The van der Waals surface area contributed by atoms with E-state index < -0.39 is 0 Å². The van der Waals surface area contributed by atoms with E-state index in [9.17, 15) is 9.59 Å². The number of furan rings is 1. The van der Waals surface area contributed by atoms with E-state index in [2.05, 4.69) is 10.5 Å². The first-order chi connectivity index (χ1) is 16.5. The van der Waals surface area contributed by atoms with E-state index in [1.807, 2.05) is 13.0 Å². The van der Waals surface area contributed by atoms with Gasteiger partial charge >= 0.3 is 0 Å². The average molecular weight is 513 g/mol. The van der Waals surface area contributed by atoms with Crippen LogP contribution < -0.4 is 11.0 Å². The van der Waals surface area contributed by atoms with Crippen LogP contribution in [-0.4, -0.2) is 27.4 Å². The van der Waals surface area contributed by atoms with E-state index >= 15 is 0 Å². The molecule has 0 saturated carbocycles. The molecule has 0 bridgehead atoms. The van der Waals surface area contributed by atoms with Crippen LogP contribution >= 0.6 is 34.7 Å². The number of thiophene rings is 1. The number of fused-ring (bicyclic) bond motifs is 3. The summed E-state index contributed by atoms with van der Waals surface area (Å²) in [7, 11) is 0. The Balaban J connectivity index is 1.45. The van der Waals surface area contributed by atoms with E-state index in [1.165, 1.54) is 22.9 Å². The fraction of sp³-hybridized carbons (Fsp3) is 0.250. The zero-order chi connectivity index (χ0) is 23.7. The van der Waals surface area contributed by atoms with Gasteiger partial charge in [0.2, 0.25) is 0 Å². The molecule has 0 unspecified atom stereocenters. The van der Waals surface area contributed by atoms with Gasteiger partial charge in [-0.25, -0.2) is 10.4 Å². The monoisotopic (exact) mass is 512 g/mol. The van der Waals surface area contributed by atoms with Crippen LogP contribution in [0.25, 0.3) is 15.9 Å². The predicted octanol–water partition coefficient (Wildman–Crippen LogP) is 5.12. The predicted molar refractivity (Wildman–Crippen MR) is 137 cm³/mol. The minimum atomic E-state index is -0.313. The number of aromatic nitrogens is 2. The third-order valence-corrected chi connectivity index (χ3v) is 7.89. The van der Waals surface area contributed by atoms with E-state index in [0.717, 1.165) is 41.8 Å². The Labute approximate surface area is 208 Å². The number of rotatable bonds is 6. The number of nitrogens with zero attached hydrogens (tertiary/aromatic N) is 3. The lowest BCUT2D eigenvalue weighted by molar-refractivity contribution is -0.118. The summed E-state index contributed by atoms with van der Waals surface area (Å²) in [6.07, 6.45) is 5.53. The van der Waals surface area contributed by atoms with Crippen molar-refractivity contribution in [2.75, 3.05) is 5.75 Å². The number of hydrogen-bond acceptors (Lipinski definition) is 7. The fourth-order valence-electron chi connectivity index (χ4n) is 3.95. The van der Waals surface area contributed by atoms with Gasteiger partial charge in [-0.1, -0.05) is 23.4 Å². The molecule has 0 aliphatic heterocycles. The largest absolute Gasteiger partial charge is 0.460 e. The molecular formula is C24H21ClN4O3S2. The average Bonchev–Trinajstić information content (AvgIpc) is 3.41. The SMILES string of the molecule is Cc1ccc(C=NNC(=O)CSc2nc3sc4c(c3c(=O)n2-c2ccc(Cl)cc2)CCCC4)o1. The van der Waals surface area contributed by atoms with Crippen molar-refractivity contribution in [1.82, 2.24) is 15.0 Å². The normalized spacial score (nSPS) is 13.5. The summed E-state index contributed by atoms with van der Waals surface area (Å²) in [5.41, 5.74) is 4.17. The molecule has 1 amide bonds. The van der Waals surface area contributed by atoms with E-state index in [-0.39, 0.29) is 17.2 Å². The summed E-state index contributed by atoms with van der Waals surface area (Å²) >= 11 is 8.85. The summed E-state index contributed by atoms with van der Waals surface area (Å²) in [6.45, 7) is 1.83. The molecule has 0 fully saturated rings. The van der Waals surface area contributed by atoms with Gasteiger partial charge in [-0.3, -0.25) is 14.2 Å². The topological polar surface area (TPSA) is 89.5 Å². The Hall–Kier alpha value is -2.88. The lowest BCUT2D eigenvalue weighted by atomic mass is 9.97. The molecule has 0 spiro atoms. The maximum Gasteiger partial charge on any atom is 0.267 e. The number of hydrogen-bond donors (Lipinski definition) is 1. The standard InChI is InChI=1S/C24H21ClN4O3S2/c1-14-6-11-17(32-14)12-26-28-20(30)13-33-24-27-22-21(18-4-2-3-5-19(18)34-22)23(31)29(24)16-9-7-15(25)8-10-16/h6-12H,2-5,13H2,1H3,(H,28,30). The first-order valence-electron chi connectivity index (χ1n) is 10.8. The van der Waals surface area contributed by atoms with Crippen molar-refractivity contribution in [2.24, 2.45) is 5.10 Å². The Morgan fingerprint density at radius 3 is 2.82 bits per heavy atom. The molecule has 1 aliphatic rings. The highest BCUT2D eigenvalue weighted by Crippen LogP contribution is 2.35. The smallest absolute Gasteiger partial charge is 0.267 e. The molecule has 5 rings (SSSR count). The second-order valence-electron chi connectivity index (χ2n) is 7.93. The van der Waals surface area contributed by atoms with Gasteiger partial charge in [0.05, 0.1) is 23.0 Å². The van der Waals surface area contributed by atoms with Crippen molar-refractivity contribution in [3.8, 4) is 5.69 Å². The van der Waals surface area contributed by atoms with Crippen LogP contribution in [0.1, 0.15) is 34.8 Å². The number of hydrazone groups is 1. The lowest BCUT2D eigenvalue weighted by Gasteiger charge is -2.13. The van der Waals surface area contributed by atoms with Gasteiger partial charge < -0.3 is 4.42 Å². The Morgan fingerprint density at radius 1 is 1.26 bits per heavy atom. The number of halogens is 1. The van der Waals surface area contributed by atoms with Gasteiger partial charge in [0.25, 0.3) is 11.5 Å². The molecule has 10 heteroatoms. The molecule has 7 nitrogen and oxygen atoms in total. The zero-order valence-corrected chi connectivity index (χ0v) is 20.7. The summed E-state index contributed by atoms with van der Waals surface area (Å²) in [6, 6.07) is 10.6. The maximum absolute atomic E-state index is 13.7. The molecule has 34 heavy (non-hydrogen) atoms. The molecule has 174 valence electrons. The van der Waals surface area contributed by atoms with Crippen LogP contribution in [0.2, 0.25) is 5.02 Å². The molecule has 1 aliphatic carbocycles. The van der Waals surface area contributed by atoms with Crippen molar-refractivity contribution < 1.29 is 9.21 Å². The summed E-state index contributed by atoms with van der Waals surface area (Å²) in [5.74, 6) is 1.05. The van der Waals surface area contributed by atoms with E-state index in [1.54, 1.807) is 46.2 Å². The number of aryl methyl sites for hydroxylation is 3. The van der Waals surface area contributed by atoms with Crippen molar-refractivity contribution in [1.29, 1.82) is 0 Å². The third-order valence-electron chi connectivity index (χ3n) is 5.52. The zero-order valence-electron chi connectivity index (χ0n) is 18.3. The fourth-order valence-corrected chi connectivity index (χ4v) is 6.19. The molecule has 0 atom stereocenters. The molecule has 0 radical (unpaired) electrons. The number of thioether (sulfide) groups is 1. The maximum atomic E-state index is 13.7. The van der Waals surface area contributed by atoms with E-state index in [4.69, 9.17) is 21.0 Å². The quantitative estimate of drug-likeness (QED) is 0.167. The van der Waals surface area contributed by atoms with Crippen LogP contribution in [0, 0.1) is 6.92 Å². The van der Waals surface area contributed by atoms with Crippen molar-refractivity contribution in [2.45, 2.75) is 37.8 Å². The van der Waals surface area contributed by atoms with Crippen molar-refractivity contribution in [3.63, 3.8) is 0 Å². The van der Waals surface area contributed by atoms with Gasteiger partial charge in [0.1, 0.15) is 16.4 Å². The number of nitrogens with one attached hydrogen (secondary N) is 1. The highest BCUT2D eigenvalue weighted by Gasteiger charge is 2.23. The van der Waals surface area contributed by atoms with Crippen molar-refractivity contribution >= 4 is 57.0 Å². The molecule has 3 heterocycles. The van der Waals surface area contributed by atoms with Crippen molar-refractivity contribution in [3.05, 3.63) is 73.7 Å². The van der Waals surface area contributed by atoms with Crippen LogP contribution in [0.3, 0.4) is 0 Å². The second-order valence-corrected chi connectivity index (χ2v) is 10.4. The molecule has 1 N–H and O–H groups in total. The summed E-state index contributed by atoms with van der Waals surface area (Å²) < 4.78 is 6.97. The Morgan fingerprint density at radius 2 is 2.06 bits per heavy atom. The van der Waals surface area contributed by atoms with Crippen LogP contribution in [0.4, 0.5) is 0 Å². The highest BCUT2D eigenvalue weighted by atomic mass is 35.5. The van der Waals surface area contributed by atoms with Gasteiger partial charge in [0.15, 0.2) is 5.16 Å². The van der Waals surface area contributed by atoms with Crippen LogP contribution in [-0.2, 0) is 17.6 Å². The van der Waals surface area contributed by atoms with Crippen LogP contribution in [0.5, 0.6) is 0 Å². The summed E-state index contributed by atoms with van der Waals surface area (Å²) in [4.78, 5) is 32.9. The number of benzene rings is 1. The van der Waals surface area contributed by atoms with Gasteiger partial charge in [-0.15, -0.1) is 11.3 Å². The molecular weight excluding hydrogens is 492 g/mol. The Bertz CT molecular complexity index is 1450. The van der Waals surface area contributed by atoms with Crippen LogP contribution in [0.15, 0.2) is 55.9 Å². The molecule has 4 aromatic rings. The molecule has 1 aromatic carbocycles. The summed E-state index contributed by atoms with van der Waals surface area (Å²) in [5, 5.41) is 5.67. The Kier molecular flexibility index (Phi) is 6.58. The van der Waals surface area contributed by atoms with Gasteiger partial charge in [0, 0.05) is 9.90 Å². The first kappa shape index (κ1) is 22.9. The third kappa shape index (κ3) is 4.68. The first-order valence-corrected chi connectivity index (χ1v) is 13.0. The second kappa shape index (κ2) is 9.77. The highest BCUT2D eigenvalue weighted by molar-refractivity contribution is 7.99. The molecule has 3 aromatic heterocycles. The minimum Gasteiger partial charge on any atom is -0.460 e. The van der Waals surface area contributed by atoms with Gasteiger partial charge in [-0.05, 0) is 74.6 Å². The minimum absolute atomic E-state index is 0.0468. The number of carbonyl (C=O) groups is 1. The van der Waals surface area contributed by atoms with Gasteiger partial charge in [-0.2, -0.15) is 5.10 Å². The van der Waals surface area contributed by atoms with E-state index in [0.29, 0.717) is 27.0 Å². The number of carbonyl (C=O) groups excluding carboxylic acids is 1. The lowest BCUT2D eigenvalue weighted by Crippen LogP contribution is -2.24. The number of amides is 1.